The molecule has 0 saturated heterocycles. The van der Waals surface area contributed by atoms with E-state index in [1.807, 2.05) is 0 Å². The van der Waals surface area contributed by atoms with Crippen molar-refractivity contribution in [1.82, 2.24) is 0 Å². The maximum atomic E-state index is 14.0. The first kappa shape index (κ1) is 15.6. The SMILES string of the molecule is COc1ccc(C(O)c2ccc(C)cc2F)c(OC)c1Cl. The van der Waals surface area contributed by atoms with Crippen LogP contribution in [0.15, 0.2) is 30.3 Å². The van der Waals surface area contributed by atoms with Crippen LogP contribution in [0.5, 0.6) is 11.5 Å². The molecule has 3 nitrogen and oxygen atoms in total. The number of aliphatic hydroxyl groups is 1. The highest BCUT2D eigenvalue weighted by Crippen LogP contribution is 2.41. The number of aliphatic hydroxyl groups excluding tert-OH is 1. The van der Waals surface area contributed by atoms with E-state index in [0.717, 1.165) is 5.56 Å². The van der Waals surface area contributed by atoms with Crippen molar-refractivity contribution in [2.45, 2.75) is 13.0 Å². The molecule has 0 aliphatic heterocycles. The Morgan fingerprint density at radius 1 is 1.10 bits per heavy atom. The van der Waals surface area contributed by atoms with E-state index in [-0.39, 0.29) is 16.3 Å². The third-order valence-electron chi connectivity index (χ3n) is 3.26. The second kappa shape index (κ2) is 6.33. The van der Waals surface area contributed by atoms with Gasteiger partial charge in [-0.2, -0.15) is 0 Å². The van der Waals surface area contributed by atoms with Crippen molar-refractivity contribution in [2.75, 3.05) is 14.2 Å². The van der Waals surface area contributed by atoms with Gasteiger partial charge in [-0.3, -0.25) is 0 Å². The number of aryl methyl sites for hydroxylation is 1. The molecule has 1 atom stereocenters. The molecule has 1 N–H and O–H groups in total. The minimum absolute atomic E-state index is 0.167. The zero-order chi connectivity index (χ0) is 15.6. The Morgan fingerprint density at radius 3 is 2.33 bits per heavy atom. The molecule has 21 heavy (non-hydrogen) atoms. The van der Waals surface area contributed by atoms with Crippen LogP contribution in [0, 0.1) is 12.7 Å². The fourth-order valence-electron chi connectivity index (χ4n) is 2.15. The maximum absolute atomic E-state index is 14.0. The van der Waals surface area contributed by atoms with Crippen LogP contribution >= 0.6 is 11.6 Å². The number of methoxy groups -OCH3 is 2. The fourth-order valence-corrected chi connectivity index (χ4v) is 2.48. The van der Waals surface area contributed by atoms with E-state index in [9.17, 15) is 9.50 Å². The molecule has 0 radical (unpaired) electrons. The molecule has 0 aliphatic rings. The summed E-state index contributed by atoms with van der Waals surface area (Å²) in [5, 5.41) is 10.7. The highest BCUT2D eigenvalue weighted by atomic mass is 35.5. The molecule has 112 valence electrons. The van der Waals surface area contributed by atoms with Crippen molar-refractivity contribution >= 4 is 11.6 Å². The van der Waals surface area contributed by atoms with Gasteiger partial charge in [0, 0.05) is 11.1 Å². The van der Waals surface area contributed by atoms with Crippen LogP contribution in [0.3, 0.4) is 0 Å². The summed E-state index contributed by atoms with van der Waals surface area (Å²) in [7, 11) is 2.92. The van der Waals surface area contributed by atoms with Crippen LogP contribution in [-0.2, 0) is 0 Å². The average molecular weight is 311 g/mol. The van der Waals surface area contributed by atoms with Crippen LogP contribution in [0.2, 0.25) is 5.02 Å². The van der Waals surface area contributed by atoms with Gasteiger partial charge >= 0.3 is 0 Å². The average Bonchev–Trinajstić information content (AvgIpc) is 2.46. The van der Waals surface area contributed by atoms with Crippen LogP contribution in [-0.4, -0.2) is 19.3 Å². The first-order valence-corrected chi connectivity index (χ1v) is 6.71. The van der Waals surface area contributed by atoms with E-state index in [2.05, 4.69) is 0 Å². The van der Waals surface area contributed by atoms with Gasteiger partial charge in [-0.05, 0) is 30.7 Å². The van der Waals surface area contributed by atoms with E-state index in [1.165, 1.54) is 20.3 Å². The Bertz CT molecular complexity index is 658. The zero-order valence-corrected chi connectivity index (χ0v) is 12.7. The first-order chi connectivity index (χ1) is 9.99. The van der Waals surface area contributed by atoms with E-state index >= 15 is 0 Å². The topological polar surface area (TPSA) is 38.7 Å². The smallest absolute Gasteiger partial charge is 0.147 e. The van der Waals surface area contributed by atoms with E-state index in [0.29, 0.717) is 11.3 Å². The minimum Gasteiger partial charge on any atom is -0.495 e. The molecule has 1 unspecified atom stereocenters. The number of ether oxygens (including phenoxy) is 2. The van der Waals surface area contributed by atoms with E-state index < -0.39 is 11.9 Å². The van der Waals surface area contributed by atoms with Crippen LogP contribution in [0.4, 0.5) is 4.39 Å². The third kappa shape index (κ3) is 2.96. The summed E-state index contributed by atoms with van der Waals surface area (Å²) in [6.07, 6.45) is -1.18. The van der Waals surface area contributed by atoms with Gasteiger partial charge in [-0.1, -0.05) is 23.7 Å². The summed E-state index contributed by atoms with van der Waals surface area (Å²) >= 11 is 6.16. The summed E-state index contributed by atoms with van der Waals surface area (Å²) in [5.74, 6) is 0.217. The molecule has 0 heterocycles. The van der Waals surface area contributed by atoms with Gasteiger partial charge in [0.2, 0.25) is 0 Å². The normalized spacial score (nSPS) is 12.1. The second-order valence-electron chi connectivity index (χ2n) is 4.63. The molecule has 0 spiro atoms. The molecule has 0 saturated carbocycles. The largest absolute Gasteiger partial charge is 0.495 e. The van der Waals surface area contributed by atoms with Gasteiger partial charge in [-0.15, -0.1) is 0 Å². The Morgan fingerprint density at radius 2 is 1.76 bits per heavy atom. The molecule has 0 fully saturated rings. The van der Waals surface area contributed by atoms with Gasteiger partial charge in [0.1, 0.15) is 28.4 Å². The molecule has 2 rings (SSSR count). The highest BCUT2D eigenvalue weighted by Gasteiger charge is 2.22. The summed E-state index contributed by atoms with van der Waals surface area (Å²) in [4.78, 5) is 0. The molecule has 0 aromatic heterocycles. The van der Waals surface area contributed by atoms with Crippen LogP contribution < -0.4 is 9.47 Å². The van der Waals surface area contributed by atoms with Crippen molar-refractivity contribution in [3.8, 4) is 11.5 Å². The third-order valence-corrected chi connectivity index (χ3v) is 3.62. The molecular weight excluding hydrogens is 295 g/mol. The van der Waals surface area contributed by atoms with Crippen LogP contribution in [0.25, 0.3) is 0 Å². The molecule has 0 bridgehead atoms. The van der Waals surface area contributed by atoms with E-state index in [4.69, 9.17) is 21.1 Å². The first-order valence-electron chi connectivity index (χ1n) is 6.34. The van der Waals surface area contributed by atoms with E-state index in [1.54, 1.807) is 31.2 Å². The number of hydrogen-bond donors (Lipinski definition) is 1. The Hall–Kier alpha value is -1.78. The lowest BCUT2D eigenvalue weighted by Gasteiger charge is -2.18. The summed E-state index contributed by atoms with van der Waals surface area (Å²) in [6, 6.07) is 7.87. The molecule has 2 aromatic carbocycles. The van der Waals surface area contributed by atoms with Gasteiger partial charge < -0.3 is 14.6 Å². The lowest BCUT2D eigenvalue weighted by molar-refractivity contribution is 0.209. The summed E-state index contributed by atoms with van der Waals surface area (Å²) < 4.78 is 24.3. The van der Waals surface area contributed by atoms with Crippen molar-refractivity contribution in [1.29, 1.82) is 0 Å². The van der Waals surface area contributed by atoms with Gasteiger partial charge in [0.15, 0.2) is 0 Å². The lowest BCUT2D eigenvalue weighted by atomic mass is 9.99. The minimum atomic E-state index is -1.18. The van der Waals surface area contributed by atoms with Crippen molar-refractivity contribution in [3.63, 3.8) is 0 Å². The summed E-state index contributed by atoms with van der Waals surface area (Å²) in [6.45, 7) is 1.78. The Balaban J connectivity index is 2.52. The van der Waals surface area contributed by atoms with Gasteiger partial charge in [0.25, 0.3) is 0 Å². The predicted molar refractivity (Wildman–Crippen MR) is 79.8 cm³/mol. The van der Waals surface area contributed by atoms with Crippen molar-refractivity contribution < 1.29 is 19.0 Å². The standard InChI is InChI=1S/C16H16ClFO3/c1-9-4-5-10(12(18)8-9)15(19)11-6-7-13(20-2)14(17)16(11)21-3/h4-8,15,19H,1-3H3. The molecule has 0 amide bonds. The number of rotatable bonds is 4. The second-order valence-corrected chi connectivity index (χ2v) is 5.01. The number of benzene rings is 2. The van der Waals surface area contributed by atoms with Crippen LogP contribution in [0.1, 0.15) is 22.8 Å². The number of halogens is 2. The lowest BCUT2D eigenvalue weighted by Crippen LogP contribution is -2.06. The van der Waals surface area contributed by atoms with Gasteiger partial charge in [-0.25, -0.2) is 4.39 Å². The van der Waals surface area contributed by atoms with Gasteiger partial charge in [0.05, 0.1) is 14.2 Å². The maximum Gasteiger partial charge on any atom is 0.147 e. The fraction of sp³-hybridized carbons (Fsp3) is 0.250. The van der Waals surface area contributed by atoms with Crippen molar-refractivity contribution in [3.05, 3.63) is 57.9 Å². The predicted octanol–water partition coefficient (Wildman–Crippen LogP) is 3.89. The Kier molecular flexibility index (Phi) is 4.70. The molecular formula is C16H16ClFO3. The Labute approximate surface area is 127 Å². The summed E-state index contributed by atoms with van der Waals surface area (Å²) in [5.41, 5.74) is 1.33. The zero-order valence-electron chi connectivity index (χ0n) is 12.0. The number of hydrogen-bond acceptors (Lipinski definition) is 3. The quantitative estimate of drug-likeness (QED) is 0.931. The molecule has 2 aromatic rings. The van der Waals surface area contributed by atoms with Crippen molar-refractivity contribution in [2.24, 2.45) is 0 Å². The monoisotopic (exact) mass is 310 g/mol. The molecule has 5 heteroatoms. The molecule has 0 aliphatic carbocycles. The highest BCUT2D eigenvalue weighted by molar-refractivity contribution is 6.33.